The number of hydrogen-bond acceptors (Lipinski definition) is 4. The highest BCUT2D eigenvalue weighted by Gasteiger charge is 2.31. The van der Waals surface area contributed by atoms with Gasteiger partial charge in [0.05, 0.1) is 11.0 Å². The van der Waals surface area contributed by atoms with Crippen LogP contribution in [0.25, 0.3) is 0 Å². The first kappa shape index (κ1) is 15.0. The van der Waals surface area contributed by atoms with Crippen LogP contribution in [0.3, 0.4) is 0 Å². The molecule has 2 amide bonds. The molecule has 0 aliphatic carbocycles. The zero-order valence-corrected chi connectivity index (χ0v) is 12.4. The molecule has 7 nitrogen and oxygen atoms in total. The predicted octanol–water partition coefficient (Wildman–Crippen LogP) is 3.36. The van der Waals surface area contributed by atoms with E-state index in [1.807, 2.05) is 12.1 Å². The van der Waals surface area contributed by atoms with E-state index in [-0.39, 0.29) is 23.4 Å². The molecule has 1 aromatic heterocycles. The highest BCUT2D eigenvalue weighted by atomic mass is 16.6. The molecule has 118 valence electrons. The van der Waals surface area contributed by atoms with Crippen LogP contribution >= 0.6 is 0 Å². The molecule has 2 heterocycles. The summed E-state index contributed by atoms with van der Waals surface area (Å²) in [5, 5.41) is 13.7. The Bertz CT molecular complexity index is 720. The molecule has 0 saturated carbocycles. The molecule has 1 aromatic carbocycles. The van der Waals surface area contributed by atoms with E-state index < -0.39 is 4.92 Å². The van der Waals surface area contributed by atoms with E-state index in [2.05, 4.69) is 10.3 Å². The number of nitro groups is 1. The minimum absolute atomic E-state index is 0.0496. The summed E-state index contributed by atoms with van der Waals surface area (Å²) in [6.07, 6.45) is 5.19. The van der Waals surface area contributed by atoms with E-state index in [0.717, 1.165) is 18.4 Å². The third-order valence-electron chi connectivity index (χ3n) is 3.93. The number of nitrogens with one attached hydrogen (secondary N) is 1. The average molecular weight is 312 g/mol. The van der Waals surface area contributed by atoms with Crippen molar-refractivity contribution in [3.8, 4) is 0 Å². The number of benzene rings is 1. The molecular formula is C16H16N4O3. The maximum atomic E-state index is 12.5. The SMILES string of the molecule is O=C(Nc1ccccc1[N+](=O)[O-])N1CCC[C@H]1c1cccnc1. The topological polar surface area (TPSA) is 88.4 Å². The van der Waals surface area contributed by atoms with Gasteiger partial charge in [-0.25, -0.2) is 4.79 Å². The maximum Gasteiger partial charge on any atom is 0.322 e. The van der Waals surface area contributed by atoms with Crippen LogP contribution in [0.2, 0.25) is 0 Å². The Hall–Kier alpha value is -2.96. The van der Waals surface area contributed by atoms with Gasteiger partial charge in [-0.2, -0.15) is 0 Å². The van der Waals surface area contributed by atoms with E-state index in [4.69, 9.17) is 0 Å². The number of carbonyl (C=O) groups is 1. The molecule has 0 bridgehead atoms. The molecular weight excluding hydrogens is 296 g/mol. The van der Waals surface area contributed by atoms with Crippen molar-refractivity contribution in [3.63, 3.8) is 0 Å². The van der Waals surface area contributed by atoms with Crippen LogP contribution in [0.15, 0.2) is 48.8 Å². The summed E-state index contributed by atoms with van der Waals surface area (Å²) in [6, 6.07) is 9.54. The normalized spacial score (nSPS) is 17.0. The Balaban J connectivity index is 1.79. The smallest absolute Gasteiger partial charge is 0.317 e. The van der Waals surface area contributed by atoms with Gasteiger partial charge in [0.15, 0.2) is 0 Å². The maximum absolute atomic E-state index is 12.5. The molecule has 7 heteroatoms. The summed E-state index contributed by atoms with van der Waals surface area (Å²) in [6.45, 7) is 0.617. The number of hydrogen-bond donors (Lipinski definition) is 1. The third-order valence-corrected chi connectivity index (χ3v) is 3.93. The van der Waals surface area contributed by atoms with Gasteiger partial charge in [0.1, 0.15) is 5.69 Å². The minimum atomic E-state index is -0.502. The number of rotatable bonds is 3. The first-order valence-corrected chi connectivity index (χ1v) is 7.38. The number of anilines is 1. The van der Waals surface area contributed by atoms with Gasteiger partial charge in [0.2, 0.25) is 0 Å². The molecule has 1 fully saturated rings. The van der Waals surface area contributed by atoms with Crippen molar-refractivity contribution < 1.29 is 9.72 Å². The molecule has 3 rings (SSSR count). The van der Waals surface area contributed by atoms with Gasteiger partial charge >= 0.3 is 6.03 Å². The van der Waals surface area contributed by atoms with Crippen molar-refractivity contribution >= 4 is 17.4 Å². The Morgan fingerprint density at radius 1 is 1.30 bits per heavy atom. The molecule has 0 unspecified atom stereocenters. The summed E-state index contributed by atoms with van der Waals surface area (Å²) >= 11 is 0. The highest BCUT2D eigenvalue weighted by Crippen LogP contribution is 2.32. The first-order valence-electron chi connectivity index (χ1n) is 7.38. The van der Waals surface area contributed by atoms with Crippen LogP contribution < -0.4 is 5.32 Å². The van der Waals surface area contributed by atoms with Crippen LogP contribution in [-0.4, -0.2) is 27.4 Å². The van der Waals surface area contributed by atoms with Gasteiger partial charge in [0.25, 0.3) is 5.69 Å². The summed E-state index contributed by atoms with van der Waals surface area (Å²) < 4.78 is 0. The van der Waals surface area contributed by atoms with Crippen molar-refractivity contribution in [1.29, 1.82) is 0 Å². The molecule has 1 aliphatic rings. The quantitative estimate of drug-likeness (QED) is 0.695. The van der Waals surface area contributed by atoms with Crippen molar-refractivity contribution in [2.45, 2.75) is 18.9 Å². The van der Waals surface area contributed by atoms with Crippen LogP contribution in [0.5, 0.6) is 0 Å². The van der Waals surface area contributed by atoms with Crippen LogP contribution in [0.1, 0.15) is 24.4 Å². The molecule has 1 saturated heterocycles. The molecule has 0 spiro atoms. The molecule has 2 aromatic rings. The summed E-state index contributed by atoms with van der Waals surface area (Å²) in [5.41, 5.74) is 1.07. The predicted molar refractivity (Wildman–Crippen MR) is 85.0 cm³/mol. The second kappa shape index (κ2) is 6.43. The van der Waals surface area contributed by atoms with Gasteiger partial charge in [0, 0.05) is 25.0 Å². The average Bonchev–Trinajstić information content (AvgIpc) is 3.05. The number of carbonyl (C=O) groups excluding carboxylic acids is 1. The number of nitro benzene ring substituents is 1. The Morgan fingerprint density at radius 3 is 2.87 bits per heavy atom. The van der Waals surface area contributed by atoms with Gasteiger partial charge in [-0.1, -0.05) is 18.2 Å². The van der Waals surface area contributed by atoms with Crippen molar-refractivity contribution in [3.05, 3.63) is 64.5 Å². The number of urea groups is 1. The number of para-hydroxylation sites is 2. The van der Waals surface area contributed by atoms with Crippen molar-refractivity contribution in [1.82, 2.24) is 9.88 Å². The first-order chi connectivity index (χ1) is 11.2. The zero-order valence-electron chi connectivity index (χ0n) is 12.4. The Kier molecular flexibility index (Phi) is 4.18. The number of likely N-dealkylation sites (tertiary alicyclic amines) is 1. The van der Waals surface area contributed by atoms with Crippen LogP contribution in [0, 0.1) is 10.1 Å². The summed E-state index contributed by atoms with van der Waals surface area (Å²) in [7, 11) is 0. The number of amides is 2. The molecule has 1 atom stereocenters. The fourth-order valence-electron chi connectivity index (χ4n) is 2.85. The summed E-state index contributed by atoms with van der Waals surface area (Å²) in [5.74, 6) is 0. The van der Waals surface area contributed by atoms with E-state index in [1.54, 1.807) is 29.4 Å². The van der Waals surface area contributed by atoms with Crippen molar-refractivity contribution in [2.24, 2.45) is 0 Å². The van der Waals surface area contributed by atoms with E-state index in [1.165, 1.54) is 12.1 Å². The number of aromatic nitrogens is 1. The van der Waals surface area contributed by atoms with E-state index >= 15 is 0 Å². The van der Waals surface area contributed by atoms with Gasteiger partial charge < -0.3 is 10.2 Å². The lowest BCUT2D eigenvalue weighted by atomic mass is 10.1. The molecule has 0 radical (unpaired) electrons. The molecule has 1 aliphatic heterocycles. The lowest BCUT2D eigenvalue weighted by Gasteiger charge is -2.25. The zero-order chi connectivity index (χ0) is 16.2. The third kappa shape index (κ3) is 3.13. The Morgan fingerprint density at radius 2 is 2.13 bits per heavy atom. The number of pyridine rings is 1. The van der Waals surface area contributed by atoms with E-state index in [9.17, 15) is 14.9 Å². The second-order valence-electron chi connectivity index (χ2n) is 5.34. The van der Waals surface area contributed by atoms with Crippen LogP contribution in [-0.2, 0) is 0 Å². The highest BCUT2D eigenvalue weighted by molar-refractivity contribution is 5.92. The largest absolute Gasteiger partial charge is 0.322 e. The fraction of sp³-hybridized carbons (Fsp3) is 0.250. The molecule has 23 heavy (non-hydrogen) atoms. The van der Waals surface area contributed by atoms with Crippen LogP contribution in [0.4, 0.5) is 16.2 Å². The van der Waals surface area contributed by atoms with E-state index in [0.29, 0.717) is 6.54 Å². The lowest BCUT2D eigenvalue weighted by Crippen LogP contribution is -2.34. The fourth-order valence-corrected chi connectivity index (χ4v) is 2.85. The minimum Gasteiger partial charge on any atom is -0.317 e. The lowest BCUT2D eigenvalue weighted by molar-refractivity contribution is -0.383. The monoisotopic (exact) mass is 312 g/mol. The Labute approximate surface area is 133 Å². The van der Waals surface area contributed by atoms with Gasteiger partial charge in [-0.15, -0.1) is 0 Å². The number of nitrogens with zero attached hydrogens (tertiary/aromatic N) is 3. The van der Waals surface area contributed by atoms with Gasteiger partial charge in [-0.05, 0) is 30.5 Å². The standard InChI is InChI=1S/C16H16N4O3/c21-16(18-13-6-1-2-7-15(13)20(22)23)19-10-4-8-14(19)12-5-3-9-17-11-12/h1-3,5-7,9,11,14H,4,8,10H2,(H,18,21)/t14-/m0/s1. The molecule has 1 N–H and O–H groups in total. The van der Waals surface area contributed by atoms with Crippen molar-refractivity contribution in [2.75, 3.05) is 11.9 Å². The second-order valence-corrected chi connectivity index (χ2v) is 5.34. The van der Waals surface area contributed by atoms with Gasteiger partial charge in [-0.3, -0.25) is 15.1 Å². The summed E-state index contributed by atoms with van der Waals surface area (Å²) in [4.78, 5) is 28.9.